The number of carbonyl (C=O) groups is 1. The van der Waals surface area contributed by atoms with Crippen molar-refractivity contribution in [2.75, 3.05) is 26.3 Å². The maximum Gasteiger partial charge on any atom is 0.220 e. The van der Waals surface area contributed by atoms with Crippen LogP contribution in [0.3, 0.4) is 0 Å². The van der Waals surface area contributed by atoms with Crippen molar-refractivity contribution in [1.29, 1.82) is 0 Å². The molecular weight excluding hydrogens is 304 g/mol. The van der Waals surface area contributed by atoms with Crippen LogP contribution in [0.15, 0.2) is 18.2 Å². The molecule has 1 aromatic heterocycles. The van der Waals surface area contributed by atoms with E-state index in [2.05, 4.69) is 27.1 Å². The molecule has 1 amide bonds. The second-order valence-corrected chi connectivity index (χ2v) is 6.47. The first-order valence-corrected chi connectivity index (χ1v) is 8.66. The van der Waals surface area contributed by atoms with E-state index in [-0.39, 0.29) is 5.91 Å². The van der Waals surface area contributed by atoms with Gasteiger partial charge in [0.15, 0.2) is 0 Å². The molecule has 130 valence electrons. The molecule has 1 saturated heterocycles. The number of carbonyl (C=O) groups excluding carboxylic acids is 1. The molecular formula is C18H26N4O2. The Morgan fingerprint density at radius 3 is 2.96 bits per heavy atom. The summed E-state index contributed by atoms with van der Waals surface area (Å²) >= 11 is 0. The number of para-hydroxylation sites is 1. The van der Waals surface area contributed by atoms with E-state index in [0.29, 0.717) is 19.0 Å². The standard InChI is InChI=1S/C18H26N4O2/c1-13-4-3-5-15-18(13)21-16(20-15)12-19-17(23)7-6-14(2)22-8-10-24-11-9-22/h3-5,14H,6-12H2,1-2H3,(H,19,23)(H,20,21)/t14-/m0/s1. The highest BCUT2D eigenvalue weighted by atomic mass is 16.5. The van der Waals surface area contributed by atoms with Crippen LogP contribution in [0, 0.1) is 6.92 Å². The Bertz CT molecular complexity index is 691. The Morgan fingerprint density at radius 1 is 1.42 bits per heavy atom. The molecule has 2 aromatic rings. The van der Waals surface area contributed by atoms with Gasteiger partial charge >= 0.3 is 0 Å². The molecule has 0 bridgehead atoms. The highest BCUT2D eigenvalue weighted by Gasteiger charge is 2.17. The molecule has 1 aromatic carbocycles. The Kier molecular flexibility index (Phi) is 5.48. The highest BCUT2D eigenvalue weighted by molar-refractivity contribution is 5.79. The summed E-state index contributed by atoms with van der Waals surface area (Å²) in [5.41, 5.74) is 3.13. The van der Waals surface area contributed by atoms with Crippen LogP contribution >= 0.6 is 0 Å². The van der Waals surface area contributed by atoms with Gasteiger partial charge in [-0.3, -0.25) is 9.69 Å². The summed E-state index contributed by atoms with van der Waals surface area (Å²) in [5.74, 6) is 0.876. The lowest BCUT2D eigenvalue weighted by Gasteiger charge is -2.32. The number of hydrogen-bond donors (Lipinski definition) is 2. The van der Waals surface area contributed by atoms with Crippen molar-refractivity contribution in [2.24, 2.45) is 0 Å². The number of nitrogens with zero attached hydrogens (tertiary/aromatic N) is 2. The SMILES string of the molecule is Cc1cccc2[nH]c(CNC(=O)CC[C@H](C)N3CCOCC3)nc12. The van der Waals surface area contributed by atoms with Crippen LogP contribution in [0.4, 0.5) is 0 Å². The number of morpholine rings is 1. The van der Waals surface area contributed by atoms with Crippen LogP contribution in [-0.2, 0) is 16.1 Å². The Morgan fingerprint density at radius 2 is 2.21 bits per heavy atom. The van der Waals surface area contributed by atoms with Gasteiger partial charge in [0.2, 0.25) is 5.91 Å². The molecule has 6 heteroatoms. The maximum atomic E-state index is 12.1. The van der Waals surface area contributed by atoms with Crippen LogP contribution in [0.2, 0.25) is 0 Å². The molecule has 0 unspecified atom stereocenters. The number of amides is 1. The molecule has 1 aliphatic heterocycles. The van der Waals surface area contributed by atoms with Crippen molar-refractivity contribution >= 4 is 16.9 Å². The number of fused-ring (bicyclic) bond motifs is 1. The Hall–Kier alpha value is -1.92. The molecule has 1 aliphatic rings. The minimum Gasteiger partial charge on any atom is -0.379 e. The lowest BCUT2D eigenvalue weighted by Crippen LogP contribution is -2.42. The fourth-order valence-corrected chi connectivity index (χ4v) is 3.12. The van der Waals surface area contributed by atoms with Gasteiger partial charge in [-0.25, -0.2) is 4.98 Å². The Balaban J connectivity index is 1.45. The van der Waals surface area contributed by atoms with Gasteiger partial charge in [-0.1, -0.05) is 12.1 Å². The van der Waals surface area contributed by atoms with Gasteiger partial charge in [0.05, 0.1) is 30.8 Å². The average Bonchev–Trinajstić information content (AvgIpc) is 3.03. The number of imidazole rings is 1. The zero-order chi connectivity index (χ0) is 16.9. The third-order valence-electron chi connectivity index (χ3n) is 4.67. The van der Waals surface area contributed by atoms with Crippen molar-refractivity contribution < 1.29 is 9.53 Å². The number of nitrogens with one attached hydrogen (secondary N) is 2. The number of aromatic amines is 1. The summed E-state index contributed by atoms with van der Waals surface area (Å²) < 4.78 is 5.36. The number of H-pyrrole nitrogens is 1. The molecule has 1 fully saturated rings. The molecule has 0 radical (unpaired) electrons. The minimum atomic E-state index is 0.0762. The number of ether oxygens (including phenoxy) is 1. The van der Waals surface area contributed by atoms with Gasteiger partial charge in [-0.05, 0) is 31.9 Å². The number of aryl methyl sites for hydroxylation is 1. The zero-order valence-corrected chi connectivity index (χ0v) is 14.5. The van der Waals surface area contributed by atoms with E-state index in [1.807, 2.05) is 25.1 Å². The number of rotatable bonds is 6. The van der Waals surface area contributed by atoms with E-state index in [0.717, 1.165) is 55.1 Å². The van der Waals surface area contributed by atoms with E-state index >= 15 is 0 Å². The minimum absolute atomic E-state index is 0.0762. The van der Waals surface area contributed by atoms with Crippen LogP contribution < -0.4 is 5.32 Å². The quantitative estimate of drug-likeness (QED) is 0.850. The van der Waals surface area contributed by atoms with E-state index in [1.165, 1.54) is 0 Å². The summed E-state index contributed by atoms with van der Waals surface area (Å²) in [7, 11) is 0. The van der Waals surface area contributed by atoms with Gasteiger partial charge in [-0.15, -0.1) is 0 Å². The van der Waals surface area contributed by atoms with Crippen molar-refractivity contribution in [3.63, 3.8) is 0 Å². The fraction of sp³-hybridized carbons (Fsp3) is 0.556. The van der Waals surface area contributed by atoms with E-state index in [4.69, 9.17) is 4.74 Å². The van der Waals surface area contributed by atoms with Crippen molar-refractivity contribution in [1.82, 2.24) is 20.2 Å². The molecule has 0 saturated carbocycles. The van der Waals surface area contributed by atoms with E-state index in [9.17, 15) is 4.79 Å². The van der Waals surface area contributed by atoms with Gasteiger partial charge in [0.1, 0.15) is 5.82 Å². The normalized spacial score (nSPS) is 17.1. The van der Waals surface area contributed by atoms with Crippen molar-refractivity contribution in [3.05, 3.63) is 29.6 Å². The first-order chi connectivity index (χ1) is 11.6. The molecule has 1 atom stereocenters. The zero-order valence-electron chi connectivity index (χ0n) is 14.5. The second-order valence-electron chi connectivity index (χ2n) is 6.47. The molecule has 2 N–H and O–H groups in total. The monoisotopic (exact) mass is 330 g/mol. The van der Waals surface area contributed by atoms with E-state index < -0.39 is 0 Å². The lowest BCUT2D eigenvalue weighted by molar-refractivity contribution is -0.121. The summed E-state index contributed by atoms with van der Waals surface area (Å²) in [5, 5.41) is 2.96. The fourth-order valence-electron chi connectivity index (χ4n) is 3.12. The van der Waals surface area contributed by atoms with Crippen LogP contribution in [0.1, 0.15) is 31.2 Å². The predicted molar refractivity (Wildman–Crippen MR) is 93.8 cm³/mol. The molecule has 6 nitrogen and oxygen atoms in total. The third-order valence-corrected chi connectivity index (χ3v) is 4.67. The van der Waals surface area contributed by atoms with Gasteiger partial charge in [-0.2, -0.15) is 0 Å². The van der Waals surface area contributed by atoms with Crippen LogP contribution in [0.5, 0.6) is 0 Å². The smallest absolute Gasteiger partial charge is 0.220 e. The number of hydrogen-bond acceptors (Lipinski definition) is 4. The van der Waals surface area contributed by atoms with Crippen LogP contribution in [0.25, 0.3) is 11.0 Å². The first kappa shape index (κ1) is 16.9. The van der Waals surface area contributed by atoms with Gasteiger partial charge in [0, 0.05) is 25.6 Å². The predicted octanol–water partition coefficient (Wildman–Crippen LogP) is 1.99. The van der Waals surface area contributed by atoms with E-state index in [1.54, 1.807) is 0 Å². The lowest BCUT2D eigenvalue weighted by atomic mass is 10.1. The largest absolute Gasteiger partial charge is 0.379 e. The number of aromatic nitrogens is 2. The van der Waals surface area contributed by atoms with Gasteiger partial charge < -0.3 is 15.0 Å². The molecule has 3 rings (SSSR count). The van der Waals surface area contributed by atoms with Crippen LogP contribution in [-0.4, -0.2) is 53.1 Å². The second kappa shape index (κ2) is 7.77. The molecule has 0 spiro atoms. The maximum absolute atomic E-state index is 12.1. The summed E-state index contributed by atoms with van der Waals surface area (Å²) in [6.07, 6.45) is 1.41. The Labute approximate surface area is 142 Å². The summed E-state index contributed by atoms with van der Waals surface area (Å²) in [6, 6.07) is 6.46. The molecule has 2 heterocycles. The highest BCUT2D eigenvalue weighted by Crippen LogP contribution is 2.15. The molecule has 24 heavy (non-hydrogen) atoms. The van der Waals surface area contributed by atoms with Crippen molar-refractivity contribution in [2.45, 2.75) is 39.3 Å². The average molecular weight is 330 g/mol. The first-order valence-electron chi connectivity index (χ1n) is 8.66. The van der Waals surface area contributed by atoms with Crippen molar-refractivity contribution in [3.8, 4) is 0 Å². The summed E-state index contributed by atoms with van der Waals surface area (Å²) in [6.45, 7) is 8.17. The molecule has 0 aliphatic carbocycles. The van der Waals surface area contributed by atoms with Gasteiger partial charge in [0.25, 0.3) is 0 Å². The third kappa shape index (κ3) is 4.13. The number of benzene rings is 1. The topological polar surface area (TPSA) is 70.2 Å². The summed E-state index contributed by atoms with van der Waals surface area (Å²) in [4.78, 5) is 22.3.